The maximum Gasteiger partial charge on any atom is 0.0500 e. The molecule has 0 aromatic heterocycles. The Morgan fingerprint density at radius 1 is 0.947 bits per heavy atom. The third kappa shape index (κ3) is 3.43. The minimum atomic E-state index is 0.105. The van der Waals surface area contributed by atoms with Crippen LogP contribution in [0.15, 0.2) is 36.4 Å². The average molecular weight is 294 g/mol. The molecule has 2 aromatic rings. The van der Waals surface area contributed by atoms with E-state index in [-0.39, 0.29) is 6.04 Å². The van der Waals surface area contributed by atoms with E-state index >= 15 is 0 Å². The van der Waals surface area contributed by atoms with Gasteiger partial charge in [0, 0.05) is 15.7 Å². The first kappa shape index (κ1) is 14.2. The van der Waals surface area contributed by atoms with Gasteiger partial charge in [-0.3, -0.25) is 0 Å². The zero-order valence-corrected chi connectivity index (χ0v) is 12.8. The first-order valence-electron chi connectivity index (χ1n) is 6.26. The lowest BCUT2D eigenvalue weighted by Crippen LogP contribution is -2.07. The molecule has 19 heavy (non-hydrogen) atoms. The van der Waals surface area contributed by atoms with E-state index in [1.54, 1.807) is 6.07 Å². The van der Waals surface area contributed by atoms with E-state index in [0.29, 0.717) is 5.02 Å². The summed E-state index contributed by atoms with van der Waals surface area (Å²) in [5.74, 6) is 0. The second kappa shape index (κ2) is 5.85. The van der Waals surface area contributed by atoms with E-state index < -0.39 is 0 Å². The van der Waals surface area contributed by atoms with Crippen LogP contribution in [0, 0.1) is 13.8 Å². The molecule has 0 fully saturated rings. The van der Waals surface area contributed by atoms with E-state index in [1.165, 1.54) is 11.1 Å². The molecule has 0 saturated carbocycles. The summed E-state index contributed by atoms with van der Waals surface area (Å²) in [7, 11) is 0. The summed E-state index contributed by atoms with van der Waals surface area (Å²) in [6.07, 6.45) is 0. The fraction of sp³-hybridized carbons (Fsp3) is 0.250. The number of nitrogens with one attached hydrogen (secondary N) is 1. The number of rotatable bonds is 3. The summed E-state index contributed by atoms with van der Waals surface area (Å²) in [5.41, 5.74) is 4.66. The monoisotopic (exact) mass is 293 g/mol. The molecule has 0 radical (unpaired) electrons. The lowest BCUT2D eigenvalue weighted by molar-refractivity contribution is 0.884. The number of anilines is 1. The van der Waals surface area contributed by atoms with Crippen LogP contribution in [0.3, 0.4) is 0 Å². The maximum atomic E-state index is 6.22. The van der Waals surface area contributed by atoms with Crippen molar-refractivity contribution in [3.8, 4) is 0 Å². The standard InChI is InChI=1S/C16H17Cl2N/c1-10-4-6-14(8-11(10)2)19-12(3)15-9-13(17)5-7-16(15)18/h4-9,12,19H,1-3H3. The van der Waals surface area contributed by atoms with Crippen LogP contribution in [0.1, 0.15) is 29.7 Å². The van der Waals surface area contributed by atoms with Gasteiger partial charge in [-0.05, 0) is 67.8 Å². The van der Waals surface area contributed by atoms with Crippen molar-refractivity contribution < 1.29 is 0 Å². The van der Waals surface area contributed by atoms with Crippen LogP contribution in [-0.2, 0) is 0 Å². The minimum Gasteiger partial charge on any atom is -0.378 e. The first-order chi connectivity index (χ1) is 8.97. The van der Waals surface area contributed by atoms with E-state index in [1.807, 2.05) is 12.1 Å². The zero-order valence-electron chi connectivity index (χ0n) is 11.3. The molecule has 1 nitrogen and oxygen atoms in total. The van der Waals surface area contributed by atoms with Crippen molar-refractivity contribution in [1.82, 2.24) is 0 Å². The van der Waals surface area contributed by atoms with Crippen molar-refractivity contribution in [2.45, 2.75) is 26.8 Å². The Morgan fingerprint density at radius 3 is 2.37 bits per heavy atom. The molecule has 3 heteroatoms. The summed E-state index contributed by atoms with van der Waals surface area (Å²) in [5, 5.41) is 4.88. The van der Waals surface area contributed by atoms with Crippen molar-refractivity contribution in [3.63, 3.8) is 0 Å². The van der Waals surface area contributed by atoms with Crippen LogP contribution in [0.25, 0.3) is 0 Å². The van der Waals surface area contributed by atoms with Crippen LogP contribution in [-0.4, -0.2) is 0 Å². The molecule has 0 aliphatic carbocycles. The Kier molecular flexibility index (Phi) is 4.38. The number of hydrogen-bond donors (Lipinski definition) is 1. The quantitative estimate of drug-likeness (QED) is 0.756. The predicted octanol–water partition coefficient (Wildman–Crippen LogP) is 5.78. The highest BCUT2D eigenvalue weighted by atomic mass is 35.5. The molecule has 0 amide bonds. The molecule has 100 valence electrons. The largest absolute Gasteiger partial charge is 0.378 e. The van der Waals surface area contributed by atoms with Crippen LogP contribution < -0.4 is 5.32 Å². The highest BCUT2D eigenvalue weighted by molar-refractivity contribution is 6.33. The van der Waals surface area contributed by atoms with Crippen molar-refractivity contribution in [1.29, 1.82) is 0 Å². The molecular weight excluding hydrogens is 277 g/mol. The molecule has 0 aliphatic heterocycles. The SMILES string of the molecule is Cc1ccc(NC(C)c2cc(Cl)ccc2Cl)cc1C. The average Bonchev–Trinajstić information content (AvgIpc) is 2.36. The first-order valence-corrected chi connectivity index (χ1v) is 7.01. The topological polar surface area (TPSA) is 12.0 Å². The molecule has 1 atom stereocenters. The Hall–Kier alpha value is -1.18. The molecule has 0 heterocycles. The summed E-state index contributed by atoms with van der Waals surface area (Å²) >= 11 is 12.2. The normalized spacial score (nSPS) is 12.3. The highest BCUT2D eigenvalue weighted by Crippen LogP contribution is 2.29. The number of hydrogen-bond acceptors (Lipinski definition) is 1. The second-order valence-electron chi connectivity index (χ2n) is 4.83. The van der Waals surface area contributed by atoms with Crippen LogP contribution >= 0.6 is 23.2 Å². The van der Waals surface area contributed by atoms with Crippen molar-refractivity contribution in [2.24, 2.45) is 0 Å². The van der Waals surface area contributed by atoms with E-state index in [4.69, 9.17) is 23.2 Å². The van der Waals surface area contributed by atoms with E-state index in [9.17, 15) is 0 Å². The van der Waals surface area contributed by atoms with Gasteiger partial charge in [-0.2, -0.15) is 0 Å². The van der Waals surface area contributed by atoms with Crippen molar-refractivity contribution in [3.05, 3.63) is 63.1 Å². The van der Waals surface area contributed by atoms with Gasteiger partial charge < -0.3 is 5.32 Å². The van der Waals surface area contributed by atoms with Gasteiger partial charge in [0.2, 0.25) is 0 Å². The lowest BCUT2D eigenvalue weighted by Gasteiger charge is -2.18. The zero-order chi connectivity index (χ0) is 14.0. The predicted molar refractivity (Wildman–Crippen MR) is 84.4 cm³/mol. The maximum absolute atomic E-state index is 6.22. The van der Waals surface area contributed by atoms with Crippen LogP contribution in [0.5, 0.6) is 0 Å². The van der Waals surface area contributed by atoms with Gasteiger partial charge in [-0.1, -0.05) is 29.3 Å². The lowest BCUT2D eigenvalue weighted by atomic mass is 10.1. The van der Waals surface area contributed by atoms with Gasteiger partial charge in [0.15, 0.2) is 0 Å². The van der Waals surface area contributed by atoms with E-state index in [2.05, 4.69) is 44.3 Å². The Bertz CT molecular complexity index is 593. The third-order valence-electron chi connectivity index (χ3n) is 3.31. The smallest absolute Gasteiger partial charge is 0.0500 e. The van der Waals surface area contributed by atoms with Gasteiger partial charge in [0.1, 0.15) is 0 Å². The third-order valence-corrected chi connectivity index (χ3v) is 3.89. The number of aryl methyl sites for hydroxylation is 2. The molecule has 0 bridgehead atoms. The van der Waals surface area contributed by atoms with Crippen LogP contribution in [0.4, 0.5) is 5.69 Å². The Labute approximate surface area is 124 Å². The molecule has 0 spiro atoms. The van der Waals surface area contributed by atoms with Crippen LogP contribution in [0.2, 0.25) is 10.0 Å². The molecule has 0 saturated heterocycles. The fourth-order valence-electron chi connectivity index (χ4n) is 2.01. The summed E-state index contributed by atoms with van der Waals surface area (Å²) in [6, 6.07) is 12.0. The van der Waals surface area contributed by atoms with Crippen molar-refractivity contribution in [2.75, 3.05) is 5.32 Å². The molecule has 1 unspecified atom stereocenters. The Balaban J connectivity index is 2.22. The van der Waals surface area contributed by atoms with Gasteiger partial charge in [0.05, 0.1) is 6.04 Å². The number of benzene rings is 2. The van der Waals surface area contributed by atoms with Gasteiger partial charge in [0.25, 0.3) is 0 Å². The molecule has 2 aromatic carbocycles. The molecular formula is C16H17Cl2N. The van der Waals surface area contributed by atoms with Gasteiger partial charge >= 0.3 is 0 Å². The number of halogens is 2. The summed E-state index contributed by atoms with van der Waals surface area (Å²) in [6.45, 7) is 6.29. The highest BCUT2D eigenvalue weighted by Gasteiger charge is 2.10. The second-order valence-corrected chi connectivity index (χ2v) is 5.67. The summed E-state index contributed by atoms with van der Waals surface area (Å²) < 4.78 is 0. The van der Waals surface area contributed by atoms with Gasteiger partial charge in [-0.25, -0.2) is 0 Å². The van der Waals surface area contributed by atoms with Gasteiger partial charge in [-0.15, -0.1) is 0 Å². The minimum absolute atomic E-state index is 0.105. The molecule has 2 rings (SSSR count). The molecule has 1 N–H and O–H groups in total. The summed E-state index contributed by atoms with van der Waals surface area (Å²) in [4.78, 5) is 0. The van der Waals surface area contributed by atoms with E-state index in [0.717, 1.165) is 16.3 Å². The fourth-order valence-corrected chi connectivity index (χ4v) is 2.47. The molecule has 0 aliphatic rings. The van der Waals surface area contributed by atoms with Crippen molar-refractivity contribution >= 4 is 28.9 Å². The Morgan fingerprint density at radius 2 is 1.68 bits per heavy atom.